The number of esters is 1. The molecule has 1 saturated heterocycles. The van der Waals surface area contributed by atoms with Gasteiger partial charge in [0.1, 0.15) is 0 Å². The molecule has 2 aromatic rings. The Bertz CT molecular complexity index is 990. The maximum atomic E-state index is 12.9. The van der Waals surface area contributed by atoms with Crippen LogP contribution in [0.25, 0.3) is 0 Å². The van der Waals surface area contributed by atoms with Crippen LogP contribution in [-0.4, -0.2) is 44.3 Å². The fourth-order valence-electron chi connectivity index (χ4n) is 3.44. The third kappa shape index (κ3) is 5.92. The van der Waals surface area contributed by atoms with Crippen LogP contribution in [0.5, 0.6) is 0 Å². The number of ether oxygens (including phenoxy) is 1. The highest BCUT2D eigenvalue weighted by Crippen LogP contribution is 2.25. The number of sulfonamides is 1. The van der Waals surface area contributed by atoms with Gasteiger partial charge >= 0.3 is 5.97 Å². The van der Waals surface area contributed by atoms with E-state index in [4.69, 9.17) is 4.74 Å². The van der Waals surface area contributed by atoms with E-state index in [1.165, 1.54) is 4.31 Å². The largest absolute Gasteiger partial charge is 0.462 e. The predicted molar refractivity (Wildman–Crippen MR) is 118 cm³/mol. The number of anilines is 1. The second-order valence-corrected chi connectivity index (χ2v) is 9.51. The highest BCUT2D eigenvalue weighted by Gasteiger charge is 2.33. The van der Waals surface area contributed by atoms with Gasteiger partial charge in [-0.25, -0.2) is 13.2 Å². The van der Waals surface area contributed by atoms with E-state index in [9.17, 15) is 18.0 Å². The summed E-state index contributed by atoms with van der Waals surface area (Å²) in [4.78, 5) is 25.0. The zero-order chi connectivity index (χ0) is 22.3. The van der Waals surface area contributed by atoms with Gasteiger partial charge in [-0.3, -0.25) is 4.79 Å². The van der Waals surface area contributed by atoms with Gasteiger partial charge in [-0.15, -0.1) is 0 Å². The van der Waals surface area contributed by atoms with Gasteiger partial charge in [0, 0.05) is 18.8 Å². The minimum atomic E-state index is -3.62. The number of carbonyl (C=O) groups is 2. The van der Waals surface area contributed by atoms with Crippen molar-refractivity contribution in [1.29, 1.82) is 0 Å². The molecule has 0 spiro atoms. The molecule has 1 aliphatic rings. The Labute approximate surface area is 183 Å². The summed E-state index contributed by atoms with van der Waals surface area (Å²) >= 11 is 0. The van der Waals surface area contributed by atoms with Crippen LogP contribution < -0.4 is 5.32 Å². The van der Waals surface area contributed by atoms with Crippen molar-refractivity contribution in [3.63, 3.8) is 0 Å². The highest BCUT2D eigenvalue weighted by atomic mass is 32.2. The van der Waals surface area contributed by atoms with Gasteiger partial charge in [0.05, 0.1) is 23.0 Å². The zero-order valence-electron chi connectivity index (χ0n) is 17.6. The molecule has 1 N–H and O–H groups in total. The average Bonchev–Trinajstić information content (AvgIpc) is 2.80. The molecule has 0 aliphatic carbocycles. The molecular formula is C23H28N2O5S. The molecule has 1 aliphatic heterocycles. The van der Waals surface area contributed by atoms with E-state index < -0.39 is 15.9 Å². The Morgan fingerprint density at radius 3 is 2.48 bits per heavy atom. The zero-order valence-corrected chi connectivity index (χ0v) is 18.4. The standard InChI is InChI=1S/C23H28N2O5S/c1-2-3-16-30-23(27)18-11-13-20(14-12-18)24-22(26)19-8-7-15-25(17-19)31(28,29)21-9-5-4-6-10-21/h4-6,9-14,19H,2-3,7-8,15-17H2,1H3,(H,24,26)/t19-/m0/s1. The molecule has 1 amide bonds. The number of nitrogens with one attached hydrogen (secondary N) is 1. The van der Waals surface area contributed by atoms with E-state index in [0.29, 0.717) is 37.2 Å². The molecule has 7 nitrogen and oxygen atoms in total. The molecule has 31 heavy (non-hydrogen) atoms. The van der Waals surface area contributed by atoms with Crippen LogP contribution >= 0.6 is 0 Å². The van der Waals surface area contributed by atoms with Crippen LogP contribution in [-0.2, 0) is 19.6 Å². The average molecular weight is 445 g/mol. The van der Waals surface area contributed by atoms with Crippen LogP contribution in [0.4, 0.5) is 5.69 Å². The van der Waals surface area contributed by atoms with Gasteiger partial charge in [0.15, 0.2) is 0 Å². The first-order valence-electron chi connectivity index (χ1n) is 10.5. The van der Waals surface area contributed by atoms with E-state index in [1.54, 1.807) is 54.6 Å². The van der Waals surface area contributed by atoms with Crippen molar-refractivity contribution < 1.29 is 22.7 Å². The van der Waals surface area contributed by atoms with Crippen molar-refractivity contribution >= 4 is 27.6 Å². The molecule has 0 aromatic heterocycles. The maximum Gasteiger partial charge on any atom is 0.338 e. The second kappa shape index (κ2) is 10.5. The molecule has 8 heteroatoms. The molecule has 2 aromatic carbocycles. The molecular weight excluding hydrogens is 416 g/mol. The van der Waals surface area contributed by atoms with Gasteiger partial charge in [-0.2, -0.15) is 4.31 Å². The lowest BCUT2D eigenvalue weighted by molar-refractivity contribution is -0.120. The quantitative estimate of drug-likeness (QED) is 0.495. The van der Waals surface area contributed by atoms with E-state index in [0.717, 1.165) is 12.8 Å². The first-order valence-corrected chi connectivity index (χ1v) is 12.0. The molecule has 1 heterocycles. The number of unbranched alkanes of at least 4 members (excludes halogenated alkanes) is 1. The van der Waals surface area contributed by atoms with Crippen LogP contribution in [0.15, 0.2) is 59.5 Å². The maximum absolute atomic E-state index is 12.9. The Balaban J connectivity index is 1.59. The lowest BCUT2D eigenvalue weighted by atomic mass is 9.98. The minimum Gasteiger partial charge on any atom is -0.462 e. The van der Waals surface area contributed by atoms with E-state index in [1.807, 2.05) is 6.92 Å². The van der Waals surface area contributed by atoms with Gasteiger partial charge in [0.2, 0.25) is 15.9 Å². The SMILES string of the molecule is CCCCOC(=O)c1ccc(NC(=O)[C@H]2CCCN(S(=O)(=O)c3ccccc3)C2)cc1. The molecule has 1 fully saturated rings. The van der Waals surface area contributed by atoms with Crippen molar-refractivity contribution in [2.75, 3.05) is 25.0 Å². The summed E-state index contributed by atoms with van der Waals surface area (Å²) in [5.74, 6) is -1.06. The molecule has 3 rings (SSSR count). The summed E-state index contributed by atoms with van der Waals surface area (Å²) in [5, 5.41) is 2.83. The minimum absolute atomic E-state index is 0.144. The molecule has 0 radical (unpaired) electrons. The predicted octanol–water partition coefficient (Wildman–Crippen LogP) is 3.68. The molecule has 1 atom stereocenters. The van der Waals surface area contributed by atoms with Gasteiger partial charge in [0.25, 0.3) is 0 Å². The Hall–Kier alpha value is -2.71. The van der Waals surface area contributed by atoms with Crippen LogP contribution in [0.3, 0.4) is 0 Å². The summed E-state index contributed by atoms with van der Waals surface area (Å²) in [6.45, 7) is 2.95. The van der Waals surface area contributed by atoms with Crippen LogP contribution in [0.2, 0.25) is 0 Å². The summed E-state index contributed by atoms with van der Waals surface area (Å²) in [7, 11) is -3.62. The van der Waals surface area contributed by atoms with E-state index >= 15 is 0 Å². The van der Waals surface area contributed by atoms with E-state index in [2.05, 4.69) is 5.32 Å². The van der Waals surface area contributed by atoms with Gasteiger partial charge in [-0.1, -0.05) is 31.5 Å². The van der Waals surface area contributed by atoms with Crippen LogP contribution in [0.1, 0.15) is 43.0 Å². The summed E-state index contributed by atoms with van der Waals surface area (Å²) < 4.78 is 32.3. The van der Waals surface area contributed by atoms with E-state index in [-0.39, 0.29) is 23.3 Å². The topological polar surface area (TPSA) is 92.8 Å². The number of piperidine rings is 1. The first-order chi connectivity index (χ1) is 14.9. The third-order valence-electron chi connectivity index (χ3n) is 5.26. The van der Waals surface area contributed by atoms with Crippen molar-refractivity contribution in [2.24, 2.45) is 5.92 Å². The summed E-state index contributed by atoms with van der Waals surface area (Å²) in [5.41, 5.74) is 0.977. The lowest BCUT2D eigenvalue weighted by Gasteiger charge is -2.31. The monoisotopic (exact) mass is 444 g/mol. The van der Waals surface area contributed by atoms with Crippen molar-refractivity contribution in [2.45, 2.75) is 37.5 Å². The van der Waals surface area contributed by atoms with Gasteiger partial charge in [-0.05, 0) is 55.7 Å². The fourth-order valence-corrected chi connectivity index (χ4v) is 4.99. The first kappa shape index (κ1) is 23.0. The van der Waals surface area contributed by atoms with Crippen molar-refractivity contribution in [3.05, 3.63) is 60.2 Å². The normalized spacial score (nSPS) is 17.1. The molecule has 166 valence electrons. The van der Waals surface area contributed by atoms with Crippen LogP contribution in [0, 0.1) is 5.92 Å². The number of amides is 1. The van der Waals surface area contributed by atoms with Gasteiger partial charge < -0.3 is 10.1 Å². The molecule has 0 unspecified atom stereocenters. The highest BCUT2D eigenvalue weighted by molar-refractivity contribution is 7.89. The smallest absolute Gasteiger partial charge is 0.338 e. The number of nitrogens with zero attached hydrogens (tertiary/aromatic N) is 1. The number of hydrogen-bond acceptors (Lipinski definition) is 5. The van der Waals surface area contributed by atoms with Crippen molar-refractivity contribution in [3.8, 4) is 0 Å². The molecule has 0 bridgehead atoms. The summed E-state index contributed by atoms with van der Waals surface area (Å²) in [6.07, 6.45) is 3.00. The Kier molecular flexibility index (Phi) is 7.81. The van der Waals surface area contributed by atoms with Crippen molar-refractivity contribution in [1.82, 2.24) is 4.31 Å². The number of carbonyl (C=O) groups excluding carboxylic acids is 2. The number of rotatable bonds is 8. The third-order valence-corrected chi connectivity index (χ3v) is 7.13. The summed E-state index contributed by atoms with van der Waals surface area (Å²) in [6, 6.07) is 14.8. The number of hydrogen-bond donors (Lipinski definition) is 1. The fraction of sp³-hybridized carbons (Fsp3) is 0.391. The Morgan fingerprint density at radius 2 is 1.81 bits per heavy atom. The molecule has 0 saturated carbocycles. The Morgan fingerprint density at radius 1 is 1.10 bits per heavy atom. The lowest BCUT2D eigenvalue weighted by Crippen LogP contribution is -2.43. The number of benzene rings is 2. The second-order valence-electron chi connectivity index (χ2n) is 7.57.